The van der Waals surface area contributed by atoms with E-state index < -0.39 is 5.91 Å². The summed E-state index contributed by atoms with van der Waals surface area (Å²) in [5, 5.41) is 0. The summed E-state index contributed by atoms with van der Waals surface area (Å²) in [5.41, 5.74) is 6.62. The monoisotopic (exact) mass is 313 g/mol. The number of amides is 2. The average Bonchev–Trinajstić information content (AvgIpc) is 2.59. The molecule has 1 aromatic heterocycles. The summed E-state index contributed by atoms with van der Waals surface area (Å²) in [5.74, 6) is -0.206. The lowest BCUT2D eigenvalue weighted by Gasteiger charge is -2.22. The van der Waals surface area contributed by atoms with Crippen LogP contribution in [0.25, 0.3) is 0 Å². The lowest BCUT2D eigenvalue weighted by molar-refractivity contribution is -0.118. The molecular formula is C17H19N3O3. The van der Waals surface area contributed by atoms with Gasteiger partial charge in [0.25, 0.3) is 5.91 Å². The van der Waals surface area contributed by atoms with E-state index in [1.807, 2.05) is 30.3 Å². The number of methoxy groups -OCH3 is 1. The number of aromatic nitrogens is 1. The minimum atomic E-state index is -0.441. The van der Waals surface area contributed by atoms with Crippen molar-refractivity contribution in [1.82, 2.24) is 9.88 Å². The number of carbonyl (C=O) groups is 2. The van der Waals surface area contributed by atoms with E-state index in [2.05, 4.69) is 4.98 Å². The van der Waals surface area contributed by atoms with Crippen LogP contribution in [0.3, 0.4) is 0 Å². The molecule has 0 aliphatic heterocycles. The molecule has 1 heterocycles. The molecule has 23 heavy (non-hydrogen) atoms. The third-order valence-corrected chi connectivity index (χ3v) is 3.32. The predicted octanol–water partition coefficient (Wildman–Crippen LogP) is 1.61. The average molecular weight is 313 g/mol. The summed E-state index contributed by atoms with van der Waals surface area (Å²) in [7, 11) is 1.51. The molecule has 0 radical (unpaired) electrons. The Labute approximate surface area is 134 Å². The van der Waals surface area contributed by atoms with E-state index >= 15 is 0 Å². The van der Waals surface area contributed by atoms with Crippen molar-refractivity contribution in [3.05, 3.63) is 59.8 Å². The number of ether oxygens (including phenoxy) is 1. The molecule has 0 fully saturated rings. The third-order valence-electron chi connectivity index (χ3n) is 3.32. The van der Waals surface area contributed by atoms with Crippen molar-refractivity contribution in [2.75, 3.05) is 13.7 Å². The Morgan fingerprint density at radius 2 is 1.91 bits per heavy atom. The number of rotatable bonds is 7. The van der Waals surface area contributed by atoms with E-state index in [4.69, 9.17) is 10.5 Å². The molecule has 2 N–H and O–H groups in total. The van der Waals surface area contributed by atoms with E-state index in [1.165, 1.54) is 13.3 Å². The van der Waals surface area contributed by atoms with Crippen LogP contribution in [-0.4, -0.2) is 35.4 Å². The first-order valence-electron chi connectivity index (χ1n) is 7.21. The normalized spacial score (nSPS) is 10.1. The zero-order valence-corrected chi connectivity index (χ0v) is 12.9. The molecule has 0 unspecified atom stereocenters. The van der Waals surface area contributed by atoms with Crippen LogP contribution in [0.2, 0.25) is 0 Å². The van der Waals surface area contributed by atoms with Crippen molar-refractivity contribution < 1.29 is 14.3 Å². The van der Waals surface area contributed by atoms with E-state index in [0.717, 1.165) is 5.56 Å². The molecule has 6 heteroatoms. The number of hydrogen-bond acceptors (Lipinski definition) is 4. The molecule has 0 bridgehead atoms. The van der Waals surface area contributed by atoms with Crippen LogP contribution < -0.4 is 10.5 Å². The summed E-state index contributed by atoms with van der Waals surface area (Å²) in [6.45, 7) is 0.661. The Balaban J connectivity index is 2.16. The summed E-state index contributed by atoms with van der Waals surface area (Å²) in [6.07, 6.45) is 1.57. The fourth-order valence-corrected chi connectivity index (χ4v) is 2.11. The fraction of sp³-hybridized carbons (Fsp3) is 0.235. The topological polar surface area (TPSA) is 85.5 Å². The van der Waals surface area contributed by atoms with Gasteiger partial charge in [-0.05, 0) is 11.6 Å². The maximum Gasteiger partial charge on any atom is 0.255 e. The molecule has 0 aliphatic rings. The number of nitrogens with two attached hydrogens (primary N) is 1. The molecular weight excluding hydrogens is 294 g/mol. The van der Waals surface area contributed by atoms with Gasteiger partial charge in [-0.2, -0.15) is 0 Å². The second-order valence-electron chi connectivity index (χ2n) is 5.02. The van der Waals surface area contributed by atoms with Crippen molar-refractivity contribution in [3.63, 3.8) is 0 Å². The zero-order valence-electron chi connectivity index (χ0n) is 12.9. The van der Waals surface area contributed by atoms with Crippen LogP contribution in [0.4, 0.5) is 0 Å². The maximum absolute atomic E-state index is 12.7. The highest BCUT2D eigenvalue weighted by Crippen LogP contribution is 2.12. The highest BCUT2D eigenvalue weighted by Gasteiger charge is 2.17. The summed E-state index contributed by atoms with van der Waals surface area (Å²) in [6, 6.07) is 12.8. The minimum Gasteiger partial charge on any atom is -0.481 e. The quantitative estimate of drug-likeness (QED) is 0.841. The highest BCUT2D eigenvalue weighted by molar-refractivity contribution is 5.94. The number of pyridine rings is 1. The van der Waals surface area contributed by atoms with Gasteiger partial charge in [-0.1, -0.05) is 30.3 Å². The lowest BCUT2D eigenvalue weighted by atomic mass is 10.1. The molecule has 2 aromatic rings. The first kappa shape index (κ1) is 16.5. The summed E-state index contributed by atoms with van der Waals surface area (Å²) in [4.78, 5) is 29.3. The molecule has 0 aliphatic carbocycles. The highest BCUT2D eigenvalue weighted by atomic mass is 16.5. The molecule has 2 amide bonds. The van der Waals surface area contributed by atoms with Crippen LogP contribution in [-0.2, 0) is 11.3 Å². The number of hydrogen-bond donors (Lipinski definition) is 1. The van der Waals surface area contributed by atoms with Gasteiger partial charge in [0.1, 0.15) is 0 Å². The Morgan fingerprint density at radius 3 is 2.48 bits per heavy atom. The molecule has 0 saturated carbocycles. The fourth-order valence-electron chi connectivity index (χ4n) is 2.11. The second-order valence-corrected chi connectivity index (χ2v) is 5.02. The first-order valence-corrected chi connectivity index (χ1v) is 7.21. The van der Waals surface area contributed by atoms with Gasteiger partial charge < -0.3 is 15.4 Å². The molecule has 2 rings (SSSR count). The standard InChI is InChI=1S/C17H19N3O3/c1-23-16-8-7-14(11-19-16)17(22)20(10-9-15(18)21)12-13-5-3-2-4-6-13/h2-8,11H,9-10,12H2,1H3,(H2,18,21). The molecule has 0 spiro atoms. The maximum atomic E-state index is 12.7. The largest absolute Gasteiger partial charge is 0.481 e. The third kappa shape index (κ3) is 4.81. The predicted molar refractivity (Wildman–Crippen MR) is 85.8 cm³/mol. The van der Waals surface area contributed by atoms with Gasteiger partial charge in [-0.25, -0.2) is 4.98 Å². The number of benzene rings is 1. The molecule has 1 aromatic carbocycles. The number of carbonyl (C=O) groups excluding carboxylic acids is 2. The van der Waals surface area contributed by atoms with Crippen molar-refractivity contribution in [3.8, 4) is 5.88 Å². The van der Waals surface area contributed by atoms with E-state index in [-0.39, 0.29) is 18.9 Å². The van der Waals surface area contributed by atoms with Crippen LogP contribution in [0.5, 0.6) is 5.88 Å². The van der Waals surface area contributed by atoms with Gasteiger partial charge in [0.2, 0.25) is 11.8 Å². The van der Waals surface area contributed by atoms with Gasteiger partial charge in [0.05, 0.1) is 12.7 Å². The Kier molecular flexibility index (Phi) is 5.68. The summed E-state index contributed by atoms with van der Waals surface area (Å²) < 4.78 is 4.99. The van der Waals surface area contributed by atoms with E-state index in [1.54, 1.807) is 17.0 Å². The number of primary amides is 1. The van der Waals surface area contributed by atoms with Crippen LogP contribution >= 0.6 is 0 Å². The van der Waals surface area contributed by atoms with E-state index in [9.17, 15) is 9.59 Å². The smallest absolute Gasteiger partial charge is 0.255 e. The molecule has 0 saturated heterocycles. The van der Waals surface area contributed by atoms with Crippen LogP contribution in [0.15, 0.2) is 48.7 Å². The van der Waals surface area contributed by atoms with Crippen molar-refractivity contribution in [2.24, 2.45) is 5.73 Å². The van der Waals surface area contributed by atoms with Crippen molar-refractivity contribution >= 4 is 11.8 Å². The first-order chi connectivity index (χ1) is 11.1. The van der Waals surface area contributed by atoms with Gasteiger partial charge >= 0.3 is 0 Å². The molecule has 120 valence electrons. The lowest BCUT2D eigenvalue weighted by Crippen LogP contribution is -2.33. The van der Waals surface area contributed by atoms with E-state index in [0.29, 0.717) is 18.0 Å². The Morgan fingerprint density at radius 1 is 1.17 bits per heavy atom. The number of nitrogens with zero attached hydrogens (tertiary/aromatic N) is 2. The van der Waals surface area contributed by atoms with Gasteiger partial charge in [-0.15, -0.1) is 0 Å². The van der Waals surface area contributed by atoms with Gasteiger partial charge in [0.15, 0.2) is 0 Å². The van der Waals surface area contributed by atoms with Gasteiger partial charge in [-0.3, -0.25) is 9.59 Å². The summed E-state index contributed by atoms with van der Waals surface area (Å²) >= 11 is 0. The Hall–Kier alpha value is -2.89. The Bertz CT molecular complexity index is 657. The van der Waals surface area contributed by atoms with Crippen molar-refractivity contribution in [2.45, 2.75) is 13.0 Å². The zero-order chi connectivity index (χ0) is 16.7. The molecule has 6 nitrogen and oxygen atoms in total. The van der Waals surface area contributed by atoms with Crippen molar-refractivity contribution in [1.29, 1.82) is 0 Å². The molecule has 0 atom stereocenters. The minimum absolute atomic E-state index is 0.113. The second kappa shape index (κ2) is 7.93. The van der Waals surface area contributed by atoms with Crippen LogP contribution in [0.1, 0.15) is 22.3 Å². The SMILES string of the molecule is COc1ccc(C(=O)N(CCC(N)=O)Cc2ccccc2)cn1. The van der Waals surface area contributed by atoms with Gasteiger partial charge in [0, 0.05) is 31.8 Å². The van der Waals surface area contributed by atoms with Crippen LogP contribution in [0, 0.1) is 0 Å².